The van der Waals surface area contributed by atoms with E-state index in [-0.39, 0.29) is 20.1 Å². The van der Waals surface area contributed by atoms with Gasteiger partial charge in [-0.3, -0.25) is 4.84 Å². The average Bonchev–Trinajstić information content (AvgIpc) is 2.21. The molecule has 0 aliphatic rings. The molecule has 0 bridgehead atoms. The molecule has 0 aliphatic carbocycles. The molecule has 0 unspecified atom stereocenters. The van der Waals surface area contributed by atoms with E-state index >= 15 is 0 Å². The van der Waals surface area contributed by atoms with Crippen molar-refractivity contribution in [2.45, 2.75) is 4.90 Å². The Morgan fingerprint density at radius 2 is 2.06 bits per heavy atom. The van der Waals surface area contributed by atoms with E-state index in [4.69, 9.17) is 17.3 Å². The maximum atomic E-state index is 11.9. The number of hydrogen-bond donors (Lipinski definition) is 1. The van der Waals surface area contributed by atoms with Crippen LogP contribution in [0, 0.1) is 0 Å². The first-order valence-electron chi connectivity index (χ1n) is 4.08. The summed E-state index contributed by atoms with van der Waals surface area (Å²) in [7, 11) is -1.24. The highest BCUT2D eigenvalue weighted by atomic mass is 79.9. The summed E-state index contributed by atoms with van der Waals surface area (Å²) >= 11 is 8.85. The lowest BCUT2D eigenvalue weighted by Crippen LogP contribution is -2.26. The lowest BCUT2D eigenvalue weighted by Gasteiger charge is -2.16. The van der Waals surface area contributed by atoms with Gasteiger partial charge in [-0.25, -0.2) is 8.42 Å². The van der Waals surface area contributed by atoms with Crippen molar-refractivity contribution in [2.24, 2.45) is 0 Å². The van der Waals surface area contributed by atoms with Crippen molar-refractivity contribution in [3.05, 3.63) is 21.6 Å². The first kappa shape index (κ1) is 13.7. The minimum Gasteiger partial charge on any atom is -0.398 e. The van der Waals surface area contributed by atoms with E-state index in [1.807, 2.05) is 0 Å². The lowest BCUT2D eigenvalue weighted by molar-refractivity contribution is -0.0259. The van der Waals surface area contributed by atoms with Crippen LogP contribution >= 0.6 is 27.5 Å². The Morgan fingerprint density at radius 3 is 2.56 bits per heavy atom. The van der Waals surface area contributed by atoms with Gasteiger partial charge in [0.15, 0.2) is 0 Å². The molecule has 90 valence electrons. The number of sulfonamides is 1. The number of nitrogen functional groups attached to an aromatic ring is 1. The average molecular weight is 330 g/mol. The highest BCUT2D eigenvalue weighted by molar-refractivity contribution is 9.10. The molecule has 2 N–H and O–H groups in total. The fourth-order valence-electron chi connectivity index (χ4n) is 1.01. The molecule has 0 heterocycles. The molecule has 16 heavy (non-hydrogen) atoms. The summed E-state index contributed by atoms with van der Waals surface area (Å²) in [6.07, 6.45) is 0. The van der Waals surface area contributed by atoms with Crippen molar-refractivity contribution in [2.75, 3.05) is 19.9 Å². The molecule has 0 aromatic heterocycles. The zero-order valence-electron chi connectivity index (χ0n) is 8.57. The third-order valence-corrected chi connectivity index (χ3v) is 4.98. The molecule has 0 fully saturated rings. The van der Waals surface area contributed by atoms with E-state index in [0.717, 1.165) is 4.47 Å². The van der Waals surface area contributed by atoms with Gasteiger partial charge in [-0.1, -0.05) is 16.1 Å². The number of benzene rings is 1. The first-order chi connectivity index (χ1) is 7.30. The molecule has 8 heteroatoms. The highest BCUT2D eigenvalue weighted by Crippen LogP contribution is 2.32. The normalized spacial score (nSPS) is 12.1. The number of nitrogens with zero attached hydrogens (tertiary/aromatic N) is 1. The van der Waals surface area contributed by atoms with Gasteiger partial charge in [0, 0.05) is 17.8 Å². The second-order valence-corrected chi connectivity index (χ2v) is 6.04. The second kappa shape index (κ2) is 4.89. The third-order valence-electron chi connectivity index (χ3n) is 1.91. The van der Waals surface area contributed by atoms with Crippen LogP contribution in [0.5, 0.6) is 0 Å². The maximum Gasteiger partial charge on any atom is 0.265 e. The van der Waals surface area contributed by atoms with E-state index < -0.39 is 10.0 Å². The Bertz CT molecular complexity index is 506. The third kappa shape index (κ3) is 2.49. The quantitative estimate of drug-likeness (QED) is 0.679. The van der Waals surface area contributed by atoms with Gasteiger partial charge >= 0.3 is 0 Å². The molecule has 0 aliphatic heterocycles. The number of hydroxylamine groups is 1. The van der Waals surface area contributed by atoms with Crippen LogP contribution < -0.4 is 5.73 Å². The van der Waals surface area contributed by atoms with Crippen molar-refractivity contribution < 1.29 is 13.3 Å². The molecule has 0 radical (unpaired) electrons. The lowest BCUT2D eigenvalue weighted by atomic mass is 10.3. The van der Waals surface area contributed by atoms with Gasteiger partial charge in [0.1, 0.15) is 4.90 Å². The van der Waals surface area contributed by atoms with Crippen LogP contribution in [0.25, 0.3) is 0 Å². The molecule has 0 amide bonds. The van der Waals surface area contributed by atoms with E-state index in [0.29, 0.717) is 0 Å². The Morgan fingerprint density at radius 1 is 1.50 bits per heavy atom. The van der Waals surface area contributed by atoms with Gasteiger partial charge in [-0.15, -0.1) is 0 Å². The van der Waals surface area contributed by atoms with Crippen molar-refractivity contribution in [3.63, 3.8) is 0 Å². The van der Waals surface area contributed by atoms with E-state index in [9.17, 15) is 8.42 Å². The zero-order chi connectivity index (χ0) is 12.5. The van der Waals surface area contributed by atoms with Gasteiger partial charge in [0.25, 0.3) is 10.0 Å². The van der Waals surface area contributed by atoms with Gasteiger partial charge in [0.2, 0.25) is 0 Å². The maximum absolute atomic E-state index is 11.9. The summed E-state index contributed by atoms with van der Waals surface area (Å²) in [5, 5.41) is 0.240. The summed E-state index contributed by atoms with van der Waals surface area (Å²) in [5.41, 5.74) is 5.85. The molecule has 0 spiro atoms. The molecular weight excluding hydrogens is 320 g/mol. The summed E-state index contributed by atoms with van der Waals surface area (Å²) < 4.78 is 24.9. The molecule has 0 saturated carbocycles. The van der Waals surface area contributed by atoms with Crippen LogP contribution in [-0.4, -0.2) is 27.0 Å². The van der Waals surface area contributed by atoms with E-state index in [2.05, 4.69) is 20.8 Å². The fraction of sp³-hybridized carbons (Fsp3) is 0.250. The van der Waals surface area contributed by atoms with E-state index in [1.165, 1.54) is 26.3 Å². The highest BCUT2D eigenvalue weighted by Gasteiger charge is 2.25. The van der Waals surface area contributed by atoms with Crippen LogP contribution in [0.4, 0.5) is 5.69 Å². The molecule has 1 rings (SSSR count). The molecular formula is C8H10BrClN2O3S. The molecule has 1 aromatic rings. The summed E-state index contributed by atoms with van der Waals surface area (Å²) in [6.45, 7) is 0. The topological polar surface area (TPSA) is 72.6 Å². The summed E-state index contributed by atoms with van der Waals surface area (Å²) in [5.74, 6) is 0. The SMILES string of the molecule is CON(C)S(=O)(=O)c1cc(Cl)cc(N)c1Br. The second-order valence-electron chi connectivity index (χ2n) is 2.90. The van der Waals surface area contributed by atoms with E-state index in [1.54, 1.807) is 0 Å². The molecule has 0 atom stereocenters. The molecule has 1 aromatic carbocycles. The number of rotatable bonds is 3. The van der Waals surface area contributed by atoms with Crippen molar-refractivity contribution in [1.29, 1.82) is 0 Å². The predicted octanol–water partition coefficient (Wildman–Crippen LogP) is 1.87. The fourth-order valence-corrected chi connectivity index (χ4v) is 3.24. The zero-order valence-corrected chi connectivity index (χ0v) is 11.7. The Balaban J connectivity index is 3.45. The number of nitrogens with two attached hydrogens (primary N) is 1. The van der Waals surface area contributed by atoms with Crippen molar-refractivity contribution >= 4 is 43.2 Å². The predicted molar refractivity (Wildman–Crippen MR) is 65.5 cm³/mol. The first-order valence-corrected chi connectivity index (χ1v) is 6.69. The Hall–Kier alpha value is -0.340. The van der Waals surface area contributed by atoms with Gasteiger partial charge < -0.3 is 5.73 Å². The smallest absolute Gasteiger partial charge is 0.265 e. The number of anilines is 1. The molecule has 0 saturated heterocycles. The van der Waals surface area contributed by atoms with Crippen LogP contribution in [0.3, 0.4) is 0 Å². The monoisotopic (exact) mass is 328 g/mol. The minimum atomic E-state index is -3.76. The van der Waals surface area contributed by atoms with Crippen LogP contribution in [0.2, 0.25) is 5.02 Å². The number of halogens is 2. The summed E-state index contributed by atoms with van der Waals surface area (Å²) in [6, 6.07) is 2.75. The van der Waals surface area contributed by atoms with Crippen LogP contribution in [0.15, 0.2) is 21.5 Å². The standard InChI is InChI=1S/C8H10BrClN2O3S/c1-12(15-2)16(13,14)7-4-5(10)3-6(11)8(7)9/h3-4H,11H2,1-2H3. The Kier molecular flexibility index (Phi) is 4.19. The van der Waals surface area contributed by atoms with Gasteiger partial charge in [-0.05, 0) is 28.1 Å². The van der Waals surface area contributed by atoms with Crippen molar-refractivity contribution in [3.8, 4) is 0 Å². The van der Waals surface area contributed by atoms with Gasteiger partial charge in [-0.2, -0.15) is 0 Å². The minimum absolute atomic E-state index is 0.0400. The van der Waals surface area contributed by atoms with Crippen LogP contribution in [0.1, 0.15) is 0 Å². The largest absolute Gasteiger partial charge is 0.398 e. The van der Waals surface area contributed by atoms with Crippen molar-refractivity contribution in [1.82, 2.24) is 4.47 Å². The molecule has 5 nitrogen and oxygen atoms in total. The van der Waals surface area contributed by atoms with Gasteiger partial charge in [0.05, 0.1) is 11.6 Å². The Labute approximate surface area is 107 Å². The van der Waals surface area contributed by atoms with Crippen LogP contribution in [-0.2, 0) is 14.9 Å². The summed E-state index contributed by atoms with van der Waals surface area (Å²) in [4.78, 5) is 4.60. The number of hydrogen-bond acceptors (Lipinski definition) is 4.